The molecule has 0 unspecified atom stereocenters. The van der Waals surface area contributed by atoms with Crippen LogP contribution in [-0.4, -0.2) is 75.8 Å². The maximum absolute atomic E-state index is 13.8. The number of methoxy groups -OCH3 is 1. The van der Waals surface area contributed by atoms with Crippen LogP contribution in [0.15, 0.2) is 42.9 Å². The third-order valence-corrected chi connectivity index (χ3v) is 8.16. The summed E-state index contributed by atoms with van der Waals surface area (Å²) >= 11 is 0. The zero-order valence-corrected chi connectivity index (χ0v) is 24.5. The first kappa shape index (κ1) is 32.9. The minimum absolute atomic E-state index is 0.0117. The molecule has 16 heteroatoms. The summed E-state index contributed by atoms with van der Waals surface area (Å²) in [5, 5.41) is 11.8. The van der Waals surface area contributed by atoms with E-state index < -0.39 is 47.5 Å². The Morgan fingerprint density at radius 2 is 1.72 bits per heavy atom. The fourth-order valence-electron chi connectivity index (χ4n) is 5.79. The number of carbonyl (C=O) groups is 2. The molecule has 246 valence electrons. The van der Waals surface area contributed by atoms with Crippen molar-refractivity contribution in [1.29, 1.82) is 0 Å². The van der Waals surface area contributed by atoms with Crippen molar-refractivity contribution in [2.75, 3.05) is 37.0 Å². The zero-order chi connectivity index (χ0) is 33.2. The number of pyridine rings is 1. The summed E-state index contributed by atoms with van der Waals surface area (Å²) in [5.41, 5.74) is -0.833. The average Bonchev–Trinajstić information content (AvgIpc) is 3.50. The van der Waals surface area contributed by atoms with E-state index in [0.717, 1.165) is 19.2 Å². The minimum atomic E-state index is -4.77. The molecule has 2 aromatic heterocycles. The van der Waals surface area contributed by atoms with Crippen LogP contribution in [0.4, 0.5) is 37.8 Å². The van der Waals surface area contributed by atoms with Crippen LogP contribution in [0, 0.1) is 5.92 Å². The van der Waals surface area contributed by atoms with Gasteiger partial charge in [-0.05, 0) is 62.1 Å². The van der Waals surface area contributed by atoms with Crippen LogP contribution in [0.2, 0.25) is 0 Å². The largest absolute Gasteiger partial charge is 0.496 e. The Labute approximate surface area is 259 Å². The second kappa shape index (κ2) is 13.1. The van der Waals surface area contributed by atoms with Crippen LogP contribution in [0.3, 0.4) is 0 Å². The number of hydrogen-bond donors (Lipinski definition) is 2. The van der Waals surface area contributed by atoms with Crippen LogP contribution in [0.1, 0.15) is 47.3 Å². The lowest BCUT2D eigenvalue weighted by molar-refractivity contribution is -0.177. The standard InChI is InChI=1S/C30H30F6N6O4/c1-46-23-5-4-18(12-21(23)29(31,32)33)26-19(16-42-8-2-3-24(42)30(34,35)36)11-20(13-39-26)40-27(43)22-14-38-25(15-37-22)41-9-6-17(7-10-41)28(44)45/h4-5,11-15,17,24H,2-3,6-10,16H2,1H3,(H,40,43)(H,44,45)/t24-/m0/s1. The Hall–Kier alpha value is -4.47. The van der Waals surface area contributed by atoms with E-state index in [9.17, 15) is 41.0 Å². The topological polar surface area (TPSA) is 121 Å². The van der Waals surface area contributed by atoms with Crippen molar-refractivity contribution in [2.24, 2.45) is 5.92 Å². The van der Waals surface area contributed by atoms with Gasteiger partial charge in [-0.3, -0.25) is 19.5 Å². The normalized spacial score (nSPS) is 18.1. The summed E-state index contributed by atoms with van der Waals surface area (Å²) in [7, 11) is 1.10. The fourth-order valence-corrected chi connectivity index (χ4v) is 5.79. The highest BCUT2D eigenvalue weighted by molar-refractivity contribution is 6.02. The van der Waals surface area contributed by atoms with Gasteiger partial charge in [-0.25, -0.2) is 9.97 Å². The summed E-state index contributed by atoms with van der Waals surface area (Å²) in [6, 6.07) is 2.94. The number of carboxylic acids is 1. The van der Waals surface area contributed by atoms with Gasteiger partial charge in [0.15, 0.2) is 0 Å². The van der Waals surface area contributed by atoms with Gasteiger partial charge in [0.05, 0.1) is 48.6 Å². The van der Waals surface area contributed by atoms with Gasteiger partial charge in [-0.2, -0.15) is 26.3 Å². The number of alkyl halides is 6. The molecule has 5 rings (SSSR count). The molecule has 3 aromatic rings. The number of aliphatic carboxylic acids is 1. The Morgan fingerprint density at radius 1 is 0.978 bits per heavy atom. The smallest absolute Gasteiger partial charge is 0.419 e. The number of anilines is 2. The van der Waals surface area contributed by atoms with E-state index in [4.69, 9.17) is 4.74 Å². The van der Waals surface area contributed by atoms with E-state index in [2.05, 4.69) is 20.3 Å². The second-order valence-corrected chi connectivity index (χ2v) is 11.1. The molecule has 1 amide bonds. The number of ether oxygens (including phenoxy) is 1. The van der Waals surface area contributed by atoms with Crippen LogP contribution in [0.25, 0.3) is 11.3 Å². The molecule has 2 N–H and O–H groups in total. The summed E-state index contributed by atoms with van der Waals surface area (Å²) in [6.45, 7) is 0.759. The lowest BCUT2D eigenvalue weighted by Crippen LogP contribution is -2.40. The van der Waals surface area contributed by atoms with Crippen LogP contribution in [0.5, 0.6) is 5.75 Å². The van der Waals surface area contributed by atoms with Gasteiger partial charge in [-0.15, -0.1) is 0 Å². The first-order valence-electron chi connectivity index (χ1n) is 14.4. The van der Waals surface area contributed by atoms with Crippen molar-refractivity contribution < 1.29 is 45.8 Å². The molecule has 0 spiro atoms. The monoisotopic (exact) mass is 652 g/mol. The average molecular weight is 653 g/mol. The Bertz CT molecular complexity index is 1580. The number of piperidine rings is 1. The molecule has 4 heterocycles. The van der Waals surface area contributed by atoms with Gasteiger partial charge in [0.1, 0.15) is 23.3 Å². The number of hydrogen-bond acceptors (Lipinski definition) is 8. The molecule has 10 nitrogen and oxygen atoms in total. The molecule has 2 fully saturated rings. The number of nitrogens with one attached hydrogen (secondary N) is 1. The third-order valence-electron chi connectivity index (χ3n) is 8.16. The van der Waals surface area contributed by atoms with E-state index in [1.165, 1.54) is 35.6 Å². The van der Waals surface area contributed by atoms with Crippen LogP contribution in [-0.2, 0) is 17.5 Å². The lowest BCUT2D eigenvalue weighted by atomic mass is 9.97. The molecule has 0 bridgehead atoms. The van der Waals surface area contributed by atoms with Crippen molar-refractivity contribution >= 4 is 23.4 Å². The number of benzene rings is 1. The van der Waals surface area contributed by atoms with E-state index >= 15 is 0 Å². The molecule has 1 aromatic carbocycles. The minimum Gasteiger partial charge on any atom is -0.496 e. The van der Waals surface area contributed by atoms with Gasteiger partial charge >= 0.3 is 18.3 Å². The number of nitrogens with zero attached hydrogens (tertiary/aromatic N) is 5. The van der Waals surface area contributed by atoms with Crippen molar-refractivity contribution in [3.05, 3.63) is 59.7 Å². The van der Waals surface area contributed by atoms with Gasteiger partial charge in [-0.1, -0.05) is 0 Å². The van der Waals surface area contributed by atoms with Crippen molar-refractivity contribution in [3.8, 4) is 17.0 Å². The Kier molecular flexibility index (Phi) is 9.37. The summed E-state index contributed by atoms with van der Waals surface area (Å²) < 4.78 is 87.4. The maximum atomic E-state index is 13.8. The van der Waals surface area contributed by atoms with Crippen molar-refractivity contribution in [2.45, 2.75) is 50.6 Å². The summed E-state index contributed by atoms with van der Waals surface area (Å²) in [6.07, 6.45) is -4.38. The third kappa shape index (κ3) is 7.32. The number of carboxylic acid groups (broad SMARTS) is 1. The maximum Gasteiger partial charge on any atom is 0.419 e. The molecule has 2 aliphatic heterocycles. The van der Waals surface area contributed by atoms with Gasteiger partial charge in [0.2, 0.25) is 0 Å². The second-order valence-electron chi connectivity index (χ2n) is 11.1. The van der Waals surface area contributed by atoms with Crippen LogP contribution < -0.4 is 15.0 Å². The number of halogens is 6. The molecule has 0 radical (unpaired) electrons. The van der Waals surface area contributed by atoms with Gasteiger partial charge < -0.3 is 20.1 Å². The van der Waals surface area contributed by atoms with E-state index in [1.807, 2.05) is 4.90 Å². The molecule has 2 aliphatic rings. The molecular formula is C30H30F6N6O4. The van der Waals surface area contributed by atoms with Crippen molar-refractivity contribution in [1.82, 2.24) is 19.9 Å². The molecule has 0 aliphatic carbocycles. The molecular weight excluding hydrogens is 622 g/mol. The van der Waals surface area contributed by atoms with Crippen LogP contribution >= 0.6 is 0 Å². The number of likely N-dealkylation sites (tertiary alicyclic amines) is 1. The lowest BCUT2D eigenvalue weighted by Gasteiger charge is -2.30. The molecule has 1 atom stereocenters. The van der Waals surface area contributed by atoms with E-state index in [1.54, 1.807) is 0 Å². The first-order valence-corrected chi connectivity index (χ1v) is 14.4. The van der Waals surface area contributed by atoms with Crippen molar-refractivity contribution in [3.63, 3.8) is 0 Å². The molecule has 0 saturated carbocycles. The zero-order valence-electron chi connectivity index (χ0n) is 24.5. The highest BCUT2D eigenvalue weighted by Gasteiger charge is 2.46. The Morgan fingerprint density at radius 3 is 2.33 bits per heavy atom. The highest BCUT2D eigenvalue weighted by atomic mass is 19.4. The number of carbonyl (C=O) groups excluding carboxylic acids is 1. The summed E-state index contributed by atoms with van der Waals surface area (Å²) in [4.78, 5) is 40.0. The molecule has 46 heavy (non-hydrogen) atoms. The Balaban J connectivity index is 1.40. The van der Waals surface area contributed by atoms with Gasteiger partial charge in [0.25, 0.3) is 5.91 Å². The fraction of sp³-hybridized carbons (Fsp3) is 0.433. The number of rotatable bonds is 8. The summed E-state index contributed by atoms with van der Waals surface area (Å²) in [5.74, 6) is -1.92. The van der Waals surface area contributed by atoms with Gasteiger partial charge in [0, 0.05) is 25.2 Å². The SMILES string of the molecule is COc1ccc(-c2ncc(NC(=O)c3cnc(N4CCC(C(=O)O)CC4)cn3)cc2CN2CCC[C@H]2C(F)(F)F)cc1C(F)(F)F. The first-order chi connectivity index (χ1) is 21.7. The number of aromatic nitrogens is 3. The highest BCUT2D eigenvalue weighted by Crippen LogP contribution is 2.40. The van der Waals surface area contributed by atoms with E-state index in [0.29, 0.717) is 31.7 Å². The number of amides is 1. The predicted octanol–water partition coefficient (Wildman–Crippen LogP) is 5.65. The van der Waals surface area contributed by atoms with E-state index in [-0.39, 0.29) is 54.1 Å². The predicted molar refractivity (Wildman–Crippen MR) is 153 cm³/mol. The molecule has 2 saturated heterocycles. The quantitative estimate of drug-likeness (QED) is 0.298.